The molecule has 5 nitrogen and oxygen atoms in total. The van der Waals surface area contributed by atoms with Gasteiger partial charge in [-0.05, 0) is 18.9 Å². The highest BCUT2D eigenvalue weighted by molar-refractivity contribution is 5.89. The second-order valence-electron chi connectivity index (χ2n) is 6.25. The molecule has 1 fully saturated rings. The van der Waals surface area contributed by atoms with Crippen molar-refractivity contribution in [3.05, 3.63) is 35.8 Å². The number of aromatic nitrogens is 4. The number of pyridine rings is 2. The molecule has 0 unspecified atom stereocenters. The minimum absolute atomic E-state index is 0.0104. The molecule has 1 saturated carbocycles. The van der Waals surface area contributed by atoms with Crippen LogP contribution in [0.25, 0.3) is 22.4 Å². The second kappa shape index (κ2) is 6.34. The first kappa shape index (κ1) is 15.9. The van der Waals surface area contributed by atoms with Gasteiger partial charge in [0.2, 0.25) is 0 Å². The molecule has 0 bridgehead atoms. The fraction of sp³-hybridized carbons (Fsp3) is 0.353. The maximum atomic E-state index is 14.3. The van der Waals surface area contributed by atoms with Gasteiger partial charge in [0.15, 0.2) is 23.1 Å². The number of rotatable bonds is 3. The zero-order valence-electron chi connectivity index (χ0n) is 13.3. The molecule has 3 aromatic rings. The molecular formula is C17H16F3N5. The van der Waals surface area contributed by atoms with Gasteiger partial charge in [0.05, 0.1) is 11.6 Å². The lowest BCUT2D eigenvalue weighted by Crippen LogP contribution is -2.23. The molecule has 25 heavy (non-hydrogen) atoms. The number of H-pyrrole nitrogens is 1. The van der Waals surface area contributed by atoms with Gasteiger partial charge < -0.3 is 5.32 Å². The molecule has 0 saturated heterocycles. The zero-order valence-corrected chi connectivity index (χ0v) is 13.3. The molecule has 0 amide bonds. The van der Waals surface area contributed by atoms with E-state index in [1.807, 2.05) is 0 Å². The predicted octanol–water partition coefficient (Wildman–Crippen LogP) is 4.18. The first-order valence-electron chi connectivity index (χ1n) is 8.24. The lowest BCUT2D eigenvalue weighted by atomic mass is 9.95. The van der Waals surface area contributed by atoms with Crippen molar-refractivity contribution in [3.63, 3.8) is 0 Å². The van der Waals surface area contributed by atoms with E-state index in [1.165, 1.54) is 12.5 Å². The molecule has 0 spiro atoms. The topological polar surface area (TPSA) is 66.5 Å². The van der Waals surface area contributed by atoms with Gasteiger partial charge in [-0.2, -0.15) is 5.10 Å². The summed E-state index contributed by atoms with van der Waals surface area (Å²) in [7, 11) is 0. The van der Waals surface area contributed by atoms with Gasteiger partial charge in [-0.15, -0.1) is 0 Å². The summed E-state index contributed by atoms with van der Waals surface area (Å²) in [4.78, 5) is 7.95. The van der Waals surface area contributed by atoms with Gasteiger partial charge in [-0.25, -0.2) is 23.1 Å². The summed E-state index contributed by atoms with van der Waals surface area (Å²) in [6, 6.07) is 2.09. The van der Waals surface area contributed by atoms with Crippen LogP contribution in [0.1, 0.15) is 32.1 Å². The Balaban J connectivity index is 1.75. The Labute approximate surface area is 141 Å². The molecule has 0 atom stereocenters. The van der Waals surface area contributed by atoms with Crippen LogP contribution in [0.3, 0.4) is 0 Å². The minimum Gasteiger partial charge on any atom is -0.365 e. The van der Waals surface area contributed by atoms with Crippen LogP contribution < -0.4 is 5.32 Å². The van der Waals surface area contributed by atoms with E-state index in [9.17, 15) is 13.2 Å². The maximum absolute atomic E-state index is 14.3. The summed E-state index contributed by atoms with van der Waals surface area (Å²) in [5, 5.41) is 9.94. The normalized spacial score (nSPS) is 15.6. The minimum atomic E-state index is -0.857. The molecule has 2 N–H and O–H groups in total. The average molecular weight is 347 g/mol. The van der Waals surface area contributed by atoms with Crippen LogP contribution >= 0.6 is 0 Å². The number of anilines is 1. The van der Waals surface area contributed by atoms with Crippen LogP contribution in [-0.2, 0) is 0 Å². The molecule has 0 aromatic carbocycles. The lowest BCUT2D eigenvalue weighted by Gasteiger charge is -2.23. The van der Waals surface area contributed by atoms with E-state index < -0.39 is 17.5 Å². The second-order valence-corrected chi connectivity index (χ2v) is 6.25. The van der Waals surface area contributed by atoms with E-state index >= 15 is 0 Å². The molecule has 4 rings (SSSR count). The van der Waals surface area contributed by atoms with Gasteiger partial charge in [0.25, 0.3) is 0 Å². The number of aromatic amines is 1. The van der Waals surface area contributed by atoms with E-state index in [0.29, 0.717) is 11.0 Å². The Bertz CT molecular complexity index is 918. The highest BCUT2D eigenvalue weighted by atomic mass is 19.1. The van der Waals surface area contributed by atoms with Crippen molar-refractivity contribution in [3.8, 4) is 11.4 Å². The van der Waals surface area contributed by atoms with Gasteiger partial charge in [0.1, 0.15) is 17.2 Å². The van der Waals surface area contributed by atoms with Crippen molar-refractivity contribution < 1.29 is 13.2 Å². The molecular weight excluding hydrogens is 331 g/mol. The molecule has 0 aliphatic heterocycles. The summed E-state index contributed by atoms with van der Waals surface area (Å²) < 4.78 is 41.9. The van der Waals surface area contributed by atoms with Gasteiger partial charge in [-0.1, -0.05) is 19.3 Å². The standard InChI is InChI=1S/C17H16F3N5/c18-9-6-11-14(24-25-16(11)21-8-9)15-12(19)7-13(20)17(23-15)22-10-4-2-1-3-5-10/h6-8,10H,1-5H2,(H,22,23)(H,21,24,25). The van der Waals surface area contributed by atoms with Gasteiger partial charge in [-0.3, -0.25) is 5.10 Å². The number of hydrogen-bond acceptors (Lipinski definition) is 4. The number of nitrogens with one attached hydrogen (secondary N) is 2. The SMILES string of the molecule is Fc1cnc2[nH]nc(-c3nc(NC4CCCCC4)c(F)cc3F)c2c1. The molecule has 3 heterocycles. The van der Waals surface area contributed by atoms with Crippen molar-refractivity contribution in [1.82, 2.24) is 20.2 Å². The summed E-state index contributed by atoms with van der Waals surface area (Å²) in [5.74, 6) is -2.19. The van der Waals surface area contributed by atoms with Crippen LogP contribution in [-0.4, -0.2) is 26.2 Å². The Morgan fingerprint density at radius 3 is 2.60 bits per heavy atom. The quantitative estimate of drug-likeness (QED) is 0.746. The number of nitrogens with zero attached hydrogens (tertiary/aromatic N) is 3. The highest BCUT2D eigenvalue weighted by Gasteiger charge is 2.21. The van der Waals surface area contributed by atoms with Crippen molar-refractivity contribution in [1.29, 1.82) is 0 Å². The van der Waals surface area contributed by atoms with Crippen molar-refractivity contribution >= 4 is 16.9 Å². The van der Waals surface area contributed by atoms with Crippen molar-refractivity contribution in [2.24, 2.45) is 0 Å². The van der Waals surface area contributed by atoms with Crippen molar-refractivity contribution in [2.75, 3.05) is 5.32 Å². The van der Waals surface area contributed by atoms with E-state index in [0.717, 1.165) is 37.9 Å². The third-order valence-corrected chi connectivity index (χ3v) is 4.48. The zero-order chi connectivity index (χ0) is 17.4. The molecule has 8 heteroatoms. The molecule has 3 aromatic heterocycles. The number of fused-ring (bicyclic) bond motifs is 1. The number of hydrogen-bond donors (Lipinski definition) is 2. The fourth-order valence-corrected chi connectivity index (χ4v) is 3.23. The summed E-state index contributed by atoms with van der Waals surface area (Å²) in [6.45, 7) is 0. The average Bonchev–Trinajstić information content (AvgIpc) is 3.01. The molecule has 1 aliphatic carbocycles. The first-order valence-corrected chi connectivity index (χ1v) is 8.24. The molecule has 0 radical (unpaired) electrons. The van der Waals surface area contributed by atoms with E-state index in [2.05, 4.69) is 25.5 Å². The lowest BCUT2D eigenvalue weighted by molar-refractivity contribution is 0.459. The van der Waals surface area contributed by atoms with Crippen LogP contribution in [0.2, 0.25) is 0 Å². The van der Waals surface area contributed by atoms with E-state index in [4.69, 9.17) is 0 Å². The van der Waals surface area contributed by atoms with E-state index in [-0.39, 0.29) is 23.2 Å². The van der Waals surface area contributed by atoms with Crippen molar-refractivity contribution in [2.45, 2.75) is 38.1 Å². The maximum Gasteiger partial charge on any atom is 0.168 e. The van der Waals surface area contributed by atoms with Gasteiger partial charge in [0, 0.05) is 12.1 Å². The monoisotopic (exact) mass is 347 g/mol. The highest BCUT2D eigenvalue weighted by Crippen LogP contribution is 2.30. The van der Waals surface area contributed by atoms with Crippen LogP contribution in [0, 0.1) is 17.5 Å². The predicted molar refractivity (Wildman–Crippen MR) is 87.5 cm³/mol. The molecule has 1 aliphatic rings. The summed E-state index contributed by atoms with van der Waals surface area (Å²) >= 11 is 0. The summed E-state index contributed by atoms with van der Waals surface area (Å²) in [6.07, 6.45) is 6.20. The fourth-order valence-electron chi connectivity index (χ4n) is 3.23. The third kappa shape index (κ3) is 3.04. The Morgan fingerprint density at radius 1 is 1.00 bits per heavy atom. The summed E-state index contributed by atoms with van der Waals surface area (Å²) in [5.41, 5.74) is 0.272. The van der Waals surface area contributed by atoms with E-state index in [1.54, 1.807) is 0 Å². The van der Waals surface area contributed by atoms with Crippen LogP contribution in [0.15, 0.2) is 18.3 Å². The smallest absolute Gasteiger partial charge is 0.168 e. The van der Waals surface area contributed by atoms with Gasteiger partial charge >= 0.3 is 0 Å². The van der Waals surface area contributed by atoms with Crippen LogP contribution in [0.4, 0.5) is 19.0 Å². The Morgan fingerprint density at radius 2 is 1.80 bits per heavy atom. The Hall–Kier alpha value is -2.64. The van der Waals surface area contributed by atoms with Crippen LogP contribution in [0.5, 0.6) is 0 Å². The largest absolute Gasteiger partial charge is 0.365 e. The Kier molecular flexibility index (Phi) is 4.03. The molecule has 130 valence electrons. The third-order valence-electron chi connectivity index (χ3n) is 4.48. The first-order chi connectivity index (χ1) is 12.1. The number of halogens is 3.